The molecule has 0 aliphatic rings. The predicted octanol–water partition coefficient (Wildman–Crippen LogP) is 2.05. The highest BCUT2D eigenvalue weighted by atomic mass is 127. The molecule has 0 spiro atoms. The van der Waals surface area contributed by atoms with Crippen LogP contribution >= 0.6 is 35.3 Å². The maximum atomic E-state index is 11.4. The molecule has 0 saturated carbocycles. The van der Waals surface area contributed by atoms with Crippen LogP contribution in [0.2, 0.25) is 0 Å². The Bertz CT molecular complexity index is 807. The summed E-state index contributed by atoms with van der Waals surface area (Å²) in [6, 6.07) is 9.99. The second kappa shape index (κ2) is 11.8. The van der Waals surface area contributed by atoms with Crippen molar-refractivity contribution in [2.75, 3.05) is 31.9 Å². The molecule has 0 aliphatic heterocycles. The lowest BCUT2D eigenvalue weighted by Crippen LogP contribution is -2.42. The average Bonchev–Trinajstić information content (AvgIpc) is 3.07. The number of aliphatic hydroxyl groups excluding tert-OH is 1. The van der Waals surface area contributed by atoms with E-state index in [1.165, 1.54) is 0 Å². The summed E-state index contributed by atoms with van der Waals surface area (Å²) in [5, 5.41) is 17.7. The molecule has 0 radical (unpaired) electrons. The first-order valence-electron chi connectivity index (χ1n) is 8.61. The maximum Gasteiger partial charge on any atom is 0.211 e. The number of nitrogens with zero attached hydrogens (tertiary/aromatic N) is 1. The zero-order valence-corrected chi connectivity index (χ0v) is 19.4. The molecule has 0 fully saturated rings. The number of thiophene rings is 1. The molecule has 1 atom stereocenters. The third kappa shape index (κ3) is 7.90. The van der Waals surface area contributed by atoms with Gasteiger partial charge in [-0.15, -0.1) is 35.3 Å². The SMILES string of the molecule is CCNC(=NCC(O)c1cc2ccccc2s1)NCCNS(=O)(=O)CC.I. The highest BCUT2D eigenvalue weighted by Crippen LogP contribution is 2.29. The number of hydrogen-bond donors (Lipinski definition) is 4. The third-order valence-electron chi connectivity index (χ3n) is 3.66. The Morgan fingerprint density at radius 3 is 2.63 bits per heavy atom. The van der Waals surface area contributed by atoms with E-state index in [-0.39, 0.29) is 42.8 Å². The Morgan fingerprint density at radius 2 is 1.96 bits per heavy atom. The molecule has 10 heteroatoms. The van der Waals surface area contributed by atoms with Crippen molar-refractivity contribution in [2.45, 2.75) is 20.0 Å². The Labute approximate surface area is 181 Å². The second-order valence-electron chi connectivity index (χ2n) is 5.65. The van der Waals surface area contributed by atoms with Crippen molar-refractivity contribution >= 4 is 61.4 Å². The van der Waals surface area contributed by atoms with Gasteiger partial charge in [-0.25, -0.2) is 13.1 Å². The number of hydrogen-bond acceptors (Lipinski definition) is 5. The molecular weight excluding hydrogens is 499 g/mol. The van der Waals surface area contributed by atoms with E-state index in [0.717, 1.165) is 15.0 Å². The molecule has 0 aliphatic carbocycles. The normalized spacial score (nSPS) is 13.2. The molecule has 1 heterocycles. The minimum Gasteiger partial charge on any atom is -0.386 e. The smallest absolute Gasteiger partial charge is 0.211 e. The zero-order chi connectivity index (χ0) is 19.0. The number of aliphatic hydroxyl groups is 1. The summed E-state index contributed by atoms with van der Waals surface area (Å²) in [6.07, 6.45) is -0.679. The predicted molar refractivity (Wildman–Crippen MR) is 124 cm³/mol. The molecule has 2 aromatic rings. The van der Waals surface area contributed by atoms with Gasteiger partial charge in [-0.05, 0) is 31.4 Å². The van der Waals surface area contributed by atoms with Crippen LogP contribution in [0.5, 0.6) is 0 Å². The molecule has 152 valence electrons. The standard InChI is InChI=1S/C17H26N4O3S2.HI/c1-3-18-17(19-9-10-21-26(23,24)4-2)20-12-14(22)16-11-13-7-5-6-8-15(13)25-16;/h5-8,11,14,21-22H,3-4,9-10,12H2,1-2H3,(H2,18,19,20);1H. The molecule has 1 aromatic carbocycles. The lowest BCUT2D eigenvalue weighted by molar-refractivity contribution is 0.191. The van der Waals surface area contributed by atoms with Crippen LogP contribution in [0.4, 0.5) is 0 Å². The summed E-state index contributed by atoms with van der Waals surface area (Å²) in [5.74, 6) is 0.603. The fourth-order valence-corrected chi connectivity index (χ4v) is 3.92. The van der Waals surface area contributed by atoms with Crippen molar-refractivity contribution in [3.05, 3.63) is 35.2 Å². The van der Waals surface area contributed by atoms with Gasteiger partial charge in [0.15, 0.2) is 5.96 Å². The van der Waals surface area contributed by atoms with Gasteiger partial charge in [0.2, 0.25) is 10.0 Å². The van der Waals surface area contributed by atoms with Crippen LogP contribution in [-0.4, -0.2) is 51.4 Å². The first kappa shape index (κ1) is 24.1. The molecule has 0 saturated heterocycles. The van der Waals surface area contributed by atoms with Gasteiger partial charge in [-0.2, -0.15) is 0 Å². The van der Waals surface area contributed by atoms with E-state index in [1.54, 1.807) is 18.3 Å². The van der Waals surface area contributed by atoms with E-state index in [4.69, 9.17) is 0 Å². The van der Waals surface area contributed by atoms with Gasteiger partial charge < -0.3 is 15.7 Å². The average molecular weight is 526 g/mol. The van der Waals surface area contributed by atoms with Gasteiger partial charge in [0.25, 0.3) is 0 Å². The van der Waals surface area contributed by atoms with Gasteiger partial charge >= 0.3 is 0 Å². The van der Waals surface area contributed by atoms with Crippen molar-refractivity contribution in [2.24, 2.45) is 4.99 Å². The molecule has 1 unspecified atom stereocenters. The molecular formula is C17H27IN4O3S2. The zero-order valence-electron chi connectivity index (χ0n) is 15.4. The van der Waals surface area contributed by atoms with E-state index in [0.29, 0.717) is 19.0 Å². The van der Waals surface area contributed by atoms with E-state index in [1.807, 2.05) is 37.3 Å². The van der Waals surface area contributed by atoms with Crippen LogP contribution < -0.4 is 15.4 Å². The molecule has 1 aromatic heterocycles. The molecule has 7 nitrogen and oxygen atoms in total. The van der Waals surface area contributed by atoms with Crippen molar-refractivity contribution in [3.8, 4) is 0 Å². The number of nitrogens with one attached hydrogen (secondary N) is 3. The Kier molecular flexibility index (Phi) is 10.5. The van der Waals surface area contributed by atoms with Crippen LogP contribution in [0.25, 0.3) is 10.1 Å². The van der Waals surface area contributed by atoms with Gasteiger partial charge in [0, 0.05) is 29.2 Å². The van der Waals surface area contributed by atoms with Crippen molar-refractivity contribution in [3.63, 3.8) is 0 Å². The van der Waals surface area contributed by atoms with Crippen molar-refractivity contribution in [1.82, 2.24) is 15.4 Å². The van der Waals surface area contributed by atoms with E-state index >= 15 is 0 Å². The quantitative estimate of drug-likeness (QED) is 0.173. The first-order chi connectivity index (χ1) is 12.4. The number of rotatable bonds is 9. The molecule has 0 bridgehead atoms. The number of halogens is 1. The molecule has 27 heavy (non-hydrogen) atoms. The second-order valence-corrected chi connectivity index (χ2v) is 8.86. The lowest BCUT2D eigenvalue weighted by Gasteiger charge is -2.13. The van der Waals surface area contributed by atoms with E-state index in [2.05, 4.69) is 20.3 Å². The summed E-state index contributed by atoms with van der Waals surface area (Å²) in [4.78, 5) is 5.26. The summed E-state index contributed by atoms with van der Waals surface area (Å²) < 4.78 is 26.4. The summed E-state index contributed by atoms with van der Waals surface area (Å²) in [5.41, 5.74) is 0. The number of guanidine groups is 1. The van der Waals surface area contributed by atoms with Crippen molar-refractivity contribution < 1.29 is 13.5 Å². The van der Waals surface area contributed by atoms with Gasteiger partial charge in [0.05, 0.1) is 12.3 Å². The highest BCUT2D eigenvalue weighted by Gasteiger charge is 2.11. The summed E-state index contributed by atoms with van der Waals surface area (Å²) in [6.45, 7) is 5.12. The number of fused-ring (bicyclic) bond motifs is 1. The Balaban J connectivity index is 0.00000364. The minimum absolute atomic E-state index is 0. The maximum absolute atomic E-state index is 11.4. The van der Waals surface area contributed by atoms with Crippen LogP contribution in [0.15, 0.2) is 35.3 Å². The van der Waals surface area contributed by atoms with Crippen molar-refractivity contribution in [1.29, 1.82) is 0 Å². The highest BCUT2D eigenvalue weighted by molar-refractivity contribution is 14.0. The first-order valence-corrected chi connectivity index (χ1v) is 11.1. The largest absolute Gasteiger partial charge is 0.386 e. The van der Waals surface area contributed by atoms with Gasteiger partial charge in [-0.3, -0.25) is 4.99 Å². The Hall–Kier alpha value is -0.950. The fourth-order valence-electron chi connectivity index (χ4n) is 2.27. The van der Waals surface area contributed by atoms with E-state index in [9.17, 15) is 13.5 Å². The summed E-state index contributed by atoms with van der Waals surface area (Å²) in [7, 11) is -3.19. The fraction of sp³-hybridized carbons (Fsp3) is 0.471. The Morgan fingerprint density at radius 1 is 1.22 bits per heavy atom. The van der Waals surface area contributed by atoms with Crippen LogP contribution in [0.1, 0.15) is 24.8 Å². The number of benzene rings is 1. The molecule has 4 N–H and O–H groups in total. The topological polar surface area (TPSA) is 103 Å². The minimum atomic E-state index is -3.19. The number of sulfonamides is 1. The molecule has 2 rings (SSSR count). The van der Waals surface area contributed by atoms with Crippen LogP contribution in [0, 0.1) is 0 Å². The van der Waals surface area contributed by atoms with Crippen LogP contribution in [0.3, 0.4) is 0 Å². The number of aliphatic imine (C=N–C) groups is 1. The van der Waals surface area contributed by atoms with Gasteiger partial charge in [-0.1, -0.05) is 18.2 Å². The van der Waals surface area contributed by atoms with E-state index < -0.39 is 16.1 Å². The van der Waals surface area contributed by atoms with Gasteiger partial charge in [0.1, 0.15) is 6.10 Å². The third-order valence-corrected chi connectivity index (χ3v) is 6.28. The monoisotopic (exact) mass is 526 g/mol. The summed E-state index contributed by atoms with van der Waals surface area (Å²) >= 11 is 1.56. The lowest BCUT2D eigenvalue weighted by atomic mass is 10.2. The van der Waals surface area contributed by atoms with Crippen LogP contribution in [-0.2, 0) is 10.0 Å². The molecule has 0 amide bonds.